The molecule has 0 aromatic heterocycles. The number of halogens is 4. The molecule has 8 heteroatoms. The molecule has 0 radical (unpaired) electrons. The molecule has 0 fully saturated rings. The maximum atomic E-state index is 13.5. The zero-order valence-corrected chi connectivity index (χ0v) is 10.4. The van der Waals surface area contributed by atoms with Crippen LogP contribution < -0.4 is 5.32 Å². The Balaban J connectivity index is 2.28. The molecule has 0 atom stereocenters. The summed E-state index contributed by atoms with van der Waals surface area (Å²) in [5.74, 6) is -4.17. The molecular formula is C13H8F4N2O2. The van der Waals surface area contributed by atoms with Crippen LogP contribution in [0.4, 0.5) is 28.9 Å². The lowest BCUT2D eigenvalue weighted by Crippen LogP contribution is -2.07. The van der Waals surface area contributed by atoms with Crippen LogP contribution in [0.5, 0.6) is 0 Å². The monoisotopic (exact) mass is 300 g/mol. The van der Waals surface area contributed by atoms with E-state index in [2.05, 4.69) is 5.32 Å². The van der Waals surface area contributed by atoms with Crippen molar-refractivity contribution in [2.45, 2.75) is 6.54 Å². The number of benzene rings is 2. The Morgan fingerprint density at radius 3 is 2.19 bits per heavy atom. The SMILES string of the molecule is O=[N+]([O-])c1cc(CNc2c(F)cccc2F)c(F)cc1F. The van der Waals surface area contributed by atoms with Crippen molar-refractivity contribution in [2.75, 3.05) is 5.32 Å². The van der Waals surface area contributed by atoms with E-state index in [4.69, 9.17) is 0 Å². The smallest absolute Gasteiger partial charge is 0.305 e. The molecule has 0 unspecified atom stereocenters. The minimum Gasteiger partial charge on any atom is -0.376 e. The summed E-state index contributed by atoms with van der Waals surface area (Å²) in [5.41, 5.74) is -1.70. The van der Waals surface area contributed by atoms with Gasteiger partial charge in [0.2, 0.25) is 5.82 Å². The molecule has 0 heterocycles. The fraction of sp³-hybridized carbons (Fsp3) is 0.0769. The highest BCUT2D eigenvalue weighted by Gasteiger charge is 2.19. The van der Waals surface area contributed by atoms with Gasteiger partial charge in [0.15, 0.2) is 0 Å². The van der Waals surface area contributed by atoms with Crippen LogP contribution in [0.3, 0.4) is 0 Å². The van der Waals surface area contributed by atoms with Gasteiger partial charge < -0.3 is 5.32 Å². The molecule has 0 amide bonds. The van der Waals surface area contributed by atoms with Gasteiger partial charge in [0.1, 0.15) is 23.1 Å². The van der Waals surface area contributed by atoms with Gasteiger partial charge in [0, 0.05) is 24.2 Å². The quantitative estimate of drug-likeness (QED) is 0.531. The van der Waals surface area contributed by atoms with Crippen molar-refractivity contribution in [2.24, 2.45) is 0 Å². The Kier molecular flexibility index (Phi) is 4.06. The highest BCUT2D eigenvalue weighted by atomic mass is 19.1. The summed E-state index contributed by atoms with van der Waals surface area (Å²) in [6, 6.07) is 4.17. The average molecular weight is 300 g/mol. The fourth-order valence-corrected chi connectivity index (χ4v) is 1.71. The van der Waals surface area contributed by atoms with Crippen LogP contribution in [-0.2, 0) is 6.54 Å². The number of nitro benzene ring substituents is 1. The van der Waals surface area contributed by atoms with E-state index in [-0.39, 0.29) is 5.56 Å². The molecule has 4 nitrogen and oxygen atoms in total. The van der Waals surface area contributed by atoms with E-state index in [1.165, 1.54) is 0 Å². The Morgan fingerprint density at radius 1 is 1.00 bits per heavy atom. The third kappa shape index (κ3) is 3.10. The van der Waals surface area contributed by atoms with E-state index in [0.29, 0.717) is 12.1 Å². The number of nitrogens with one attached hydrogen (secondary N) is 1. The number of nitro groups is 1. The van der Waals surface area contributed by atoms with Gasteiger partial charge in [-0.1, -0.05) is 6.07 Å². The van der Waals surface area contributed by atoms with Gasteiger partial charge in [-0.25, -0.2) is 13.2 Å². The molecule has 0 saturated heterocycles. The zero-order chi connectivity index (χ0) is 15.6. The maximum Gasteiger partial charge on any atom is 0.305 e. The van der Waals surface area contributed by atoms with Crippen LogP contribution >= 0.6 is 0 Å². The molecule has 0 saturated carbocycles. The highest BCUT2D eigenvalue weighted by Crippen LogP contribution is 2.24. The number of nitrogens with zero attached hydrogens (tertiary/aromatic N) is 1. The Hall–Kier alpha value is -2.64. The fourth-order valence-electron chi connectivity index (χ4n) is 1.71. The minimum atomic E-state index is -1.32. The van der Waals surface area contributed by atoms with E-state index in [9.17, 15) is 27.7 Å². The van der Waals surface area contributed by atoms with Gasteiger partial charge in [-0.05, 0) is 12.1 Å². The summed E-state index contributed by atoms with van der Waals surface area (Å²) in [4.78, 5) is 9.56. The van der Waals surface area contributed by atoms with Gasteiger partial charge in [-0.15, -0.1) is 0 Å². The molecule has 2 aromatic carbocycles. The van der Waals surface area contributed by atoms with Gasteiger partial charge in [-0.3, -0.25) is 10.1 Å². The first kappa shape index (κ1) is 14.8. The topological polar surface area (TPSA) is 55.2 Å². The number of rotatable bonds is 4. The molecule has 2 aromatic rings. The largest absolute Gasteiger partial charge is 0.376 e. The Labute approximate surface area is 116 Å². The molecule has 0 spiro atoms. The van der Waals surface area contributed by atoms with E-state index >= 15 is 0 Å². The van der Waals surface area contributed by atoms with E-state index in [1.807, 2.05) is 0 Å². The van der Waals surface area contributed by atoms with Crippen LogP contribution in [0.25, 0.3) is 0 Å². The standard InChI is InChI=1S/C13H8F4N2O2/c14-8-2-1-3-9(15)13(8)18-6-7-4-12(19(20)21)11(17)5-10(7)16/h1-5,18H,6H2. The minimum absolute atomic E-state index is 0.286. The lowest BCUT2D eigenvalue weighted by Gasteiger charge is -2.09. The van der Waals surface area contributed by atoms with E-state index in [1.54, 1.807) is 0 Å². The lowest BCUT2D eigenvalue weighted by atomic mass is 10.1. The van der Waals surface area contributed by atoms with E-state index in [0.717, 1.165) is 18.2 Å². The molecule has 0 aliphatic rings. The normalized spacial score (nSPS) is 10.5. The maximum absolute atomic E-state index is 13.5. The third-order valence-corrected chi connectivity index (χ3v) is 2.73. The molecule has 2 rings (SSSR count). The van der Waals surface area contributed by atoms with Crippen molar-refractivity contribution >= 4 is 11.4 Å². The third-order valence-electron chi connectivity index (χ3n) is 2.73. The molecule has 1 N–H and O–H groups in total. The van der Waals surface area contributed by atoms with Crippen LogP contribution in [0.15, 0.2) is 30.3 Å². The molecule has 110 valence electrons. The second-order valence-electron chi connectivity index (χ2n) is 4.10. The summed E-state index contributed by atoms with van der Waals surface area (Å²) >= 11 is 0. The van der Waals surface area contributed by atoms with Gasteiger partial charge in [0.05, 0.1) is 4.92 Å². The summed E-state index contributed by atoms with van der Waals surface area (Å²) < 4.78 is 53.4. The first-order valence-corrected chi connectivity index (χ1v) is 5.70. The van der Waals surface area contributed by atoms with Crippen molar-refractivity contribution < 1.29 is 22.5 Å². The van der Waals surface area contributed by atoms with Gasteiger partial charge in [-0.2, -0.15) is 4.39 Å². The predicted molar refractivity (Wildman–Crippen MR) is 66.7 cm³/mol. The average Bonchev–Trinajstić information content (AvgIpc) is 2.39. The van der Waals surface area contributed by atoms with Crippen molar-refractivity contribution in [3.63, 3.8) is 0 Å². The second-order valence-corrected chi connectivity index (χ2v) is 4.10. The Morgan fingerprint density at radius 2 is 1.62 bits per heavy atom. The van der Waals surface area contributed by atoms with Crippen molar-refractivity contribution in [1.82, 2.24) is 0 Å². The lowest BCUT2D eigenvalue weighted by molar-refractivity contribution is -0.387. The molecule has 21 heavy (non-hydrogen) atoms. The van der Waals surface area contributed by atoms with Crippen LogP contribution in [-0.4, -0.2) is 4.92 Å². The van der Waals surface area contributed by atoms with Crippen molar-refractivity contribution in [3.05, 3.63) is 69.3 Å². The van der Waals surface area contributed by atoms with Gasteiger partial charge >= 0.3 is 5.69 Å². The zero-order valence-electron chi connectivity index (χ0n) is 10.4. The number of hydrogen-bond acceptors (Lipinski definition) is 3. The summed E-state index contributed by atoms with van der Waals surface area (Å²) in [6.45, 7) is -0.440. The molecule has 0 aliphatic carbocycles. The van der Waals surface area contributed by atoms with Crippen molar-refractivity contribution in [3.8, 4) is 0 Å². The summed E-state index contributed by atoms with van der Waals surface area (Å²) in [5, 5.41) is 12.9. The molecule has 0 aliphatic heterocycles. The first-order valence-electron chi connectivity index (χ1n) is 5.70. The van der Waals surface area contributed by atoms with Crippen LogP contribution in [0.2, 0.25) is 0 Å². The summed E-state index contributed by atoms with van der Waals surface area (Å²) in [7, 11) is 0. The summed E-state index contributed by atoms with van der Waals surface area (Å²) in [6.07, 6.45) is 0. The second kappa shape index (κ2) is 5.78. The first-order chi connectivity index (χ1) is 9.90. The highest BCUT2D eigenvalue weighted by molar-refractivity contribution is 5.47. The molecule has 0 bridgehead atoms. The number of para-hydroxylation sites is 1. The van der Waals surface area contributed by atoms with Crippen LogP contribution in [0, 0.1) is 33.4 Å². The van der Waals surface area contributed by atoms with Crippen LogP contribution in [0.1, 0.15) is 5.56 Å². The van der Waals surface area contributed by atoms with Gasteiger partial charge in [0.25, 0.3) is 0 Å². The van der Waals surface area contributed by atoms with E-state index < -0.39 is 46.1 Å². The molecular weight excluding hydrogens is 292 g/mol. The number of anilines is 1. The predicted octanol–water partition coefficient (Wildman–Crippen LogP) is 3.76. The van der Waals surface area contributed by atoms with Crippen molar-refractivity contribution in [1.29, 1.82) is 0 Å². The Bertz CT molecular complexity index is 687. The number of hydrogen-bond donors (Lipinski definition) is 1.